The smallest absolute Gasteiger partial charge is 0.115 e. The second-order valence-corrected chi connectivity index (χ2v) is 1.92. The molecule has 2 N–H and O–H groups in total. The van der Waals surface area contributed by atoms with Gasteiger partial charge in [0.2, 0.25) is 0 Å². The Balaban J connectivity index is 2.89. The highest BCUT2D eigenvalue weighted by Gasteiger charge is 1.85. The van der Waals surface area contributed by atoms with Crippen LogP contribution in [0.4, 0.5) is 0 Å². The maximum atomic E-state index is 8.85. The van der Waals surface area contributed by atoms with Gasteiger partial charge >= 0.3 is 0 Å². The van der Waals surface area contributed by atoms with Gasteiger partial charge in [0, 0.05) is 6.20 Å². The molecule has 0 atom stereocenters. The van der Waals surface area contributed by atoms with E-state index in [1.54, 1.807) is 30.3 Å². The van der Waals surface area contributed by atoms with Crippen LogP contribution in [-0.2, 0) is 0 Å². The average molecular weight is 134 g/mol. The molecular formula is C8H8NO. The van der Waals surface area contributed by atoms with Gasteiger partial charge in [0.15, 0.2) is 0 Å². The molecule has 0 aliphatic rings. The van der Waals surface area contributed by atoms with Crippen LogP contribution < -0.4 is 5.73 Å². The first-order valence-electron chi connectivity index (χ1n) is 2.96. The summed E-state index contributed by atoms with van der Waals surface area (Å²) in [6, 6.07) is 6.69. The molecule has 0 heterocycles. The van der Waals surface area contributed by atoms with Gasteiger partial charge in [0.25, 0.3) is 0 Å². The van der Waals surface area contributed by atoms with Gasteiger partial charge in [-0.2, -0.15) is 0 Å². The molecule has 0 aliphatic carbocycles. The molecule has 0 saturated heterocycles. The maximum Gasteiger partial charge on any atom is 0.115 e. The lowest BCUT2D eigenvalue weighted by molar-refractivity contribution is 0.475. The summed E-state index contributed by atoms with van der Waals surface area (Å²) in [7, 11) is 0. The molecular weight excluding hydrogens is 126 g/mol. The zero-order valence-corrected chi connectivity index (χ0v) is 5.41. The largest absolute Gasteiger partial charge is 0.508 e. The third-order valence-corrected chi connectivity index (χ3v) is 1.17. The van der Waals surface area contributed by atoms with E-state index in [0.717, 1.165) is 5.56 Å². The van der Waals surface area contributed by atoms with E-state index in [0.29, 0.717) is 0 Å². The van der Waals surface area contributed by atoms with Gasteiger partial charge in [-0.25, -0.2) is 0 Å². The first-order chi connectivity index (χ1) is 4.83. The fourth-order valence-corrected chi connectivity index (χ4v) is 0.682. The molecule has 0 fully saturated rings. The van der Waals surface area contributed by atoms with Crippen molar-refractivity contribution in [2.24, 2.45) is 0 Å². The molecule has 0 unspecified atom stereocenters. The van der Waals surface area contributed by atoms with Gasteiger partial charge in [-0.05, 0) is 23.8 Å². The topological polar surface area (TPSA) is 44.0 Å². The number of phenolic OH excluding ortho intramolecular Hbond substituents is 1. The molecule has 51 valence electrons. The Bertz CT molecular complexity index is 226. The molecule has 1 aromatic carbocycles. The monoisotopic (exact) mass is 134 g/mol. The van der Waals surface area contributed by atoms with Crippen molar-refractivity contribution in [3.63, 3.8) is 0 Å². The highest BCUT2D eigenvalue weighted by molar-refractivity contribution is 5.49. The molecule has 1 radical (unpaired) electrons. The highest BCUT2D eigenvalue weighted by atomic mass is 16.3. The quantitative estimate of drug-likeness (QED) is 0.623. The number of aromatic hydroxyl groups is 1. The van der Waals surface area contributed by atoms with E-state index >= 15 is 0 Å². The lowest BCUT2D eigenvalue weighted by Crippen LogP contribution is -1.69. The van der Waals surface area contributed by atoms with Crippen LogP contribution in [0.2, 0.25) is 0 Å². The molecule has 0 amide bonds. The van der Waals surface area contributed by atoms with E-state index in [9.17, 15) is 0 Å². The summed E-state index contributed by atoms with van der Waals surface area (Å²) in [6.07, 6.45) is 2.87. The van der Waals surface area contributed by atoms with E-state index in [1.165, 1.54) is 6.20 Å². The van der Waals surface area contributed by atoms with Crippen LogP contribution in [0, 0.1) is 0 Å². The minimum atomic E-state index is 0.252. The zero-order valence-electron chi connectivity index (χ0n) is 5.41. The Morgan fingerprint density at radius 1 is 1.20 bits per heavy atom. The fraction of sp³-hybridized carbons (Fsp3) is 0. The Morgan fingerprint density at radius 2 is 1.80 bits per heavy atom. The zero-order chi connectivity index (χ0) is 7.40. The summed E-state index contributed by atoms with van der Waals surface area (Å²) in [5, 5.41) is 8.85. The molecule has 1 aromatic rings. The second kappa shape index (κ2) is 2.92. The van der Waals surface area contributed by atoms with Crippen molar-refractivity contribution < 1.29 is 5.11 Å². The Hall–Kier alpha value is -1.44. The SMILES string of the molecule is [NH]/C=C/c1ccc(O)cc1. The van der Waals surface area contributed by atoms with Crippen molar-refractivity contribution in [3.05, 3.63) is 36.0 Å². The lowest BCUT2D eigenvalue weighted by atomic mass is 10.2. The van der Waals surface area contributed by atoms with Crippen LogP contribution in [0.15, 0.2) is 30.5 Å². The first kappa shape index (κ1) is 6.68. The van der Waals surface area contributed by atoms with Gasteiger partial charge in [0.05, 0.1) is 0 Å². The van der Waals surface area contributed by atoms with E-state index in [1.807, 2.05) is 0 Å². The minimum absolute atomic E-state index is 0.252. The Kier molecular flexibility index (Phi) is 1.95. The minimum Gasteiger partial charge on any atom is -0.508 e. The predicted octanol–water partition coefficient (Wildman–Crippen LogP) is 1.65. The van der Waals surface area contributed by atoms with Gasteiger partial charge in [0.1, 0.15) is 5.75 Å². The van der Waals surface area contributed by atoms with Gasteiger partial charge in [-0.15, -0.1) is 0 Å². The van der Waals surface area contributed by atoms with Crippen LogP contribution in [-0.4, -0.2) is 5.11 Å². The van der Waals surface area contributed by atoms with Crippen molar-refractivity contribution in [3.8, 4) is 5.75 Å². The lowest BCUT2D eigenvalue weighted by Gasteiger charge is -1.91. The van der Waals surface area contributed by atoms with E-state index in [2.05, 4.69) is 0 Å². The Morgan fingerprint density at radius 3 is 2.30 bits per heavy atom. The molecule has 2 nitrogen and oxygen atoms in total. The van der Waals surface area contributed by atoms with Crippen molar-refractivity contribution in [2.45, 2.75) is 0 Å². The third kappa shape index (κ3) is 1.52. The van der Waals surface area contributed by atoms with Crippen molar-refractivity contribution in [1.82, 2.24) is 5.73 Å². The first-order valence-corrected chi connectivity index (χ1v) is 2.96. The summed E-state index contributed by atoms with van der Waals surface area (Å²) >= 11 is 0. The summed E-state index contributed by atoms with van der Waals surface area (Å²) in [4.78, 5) is 0. The van der Waals surface area contributed by atoms with Gasteiger partial charge in [-0.3, -0.25) is 0 Å². The van der Waals surface area contributed by atoms with Crippen molar-refractivity contribution >= 4 is 6.08 Å². The van der Waals surface area contributed by atoms with Crippen LogP contribution >= 0.6 is 0 Å². The van der Waals surface area contributed by atoms with Crippen LogP contribution in [0.3, 0.4) is 0 Å². The summed E-state index contributed by atoms with van der Waals surface area (Å²) in [5.74, 6) is 0.252. The number of rotatable bonds is 1. The normalized spacial score (nSPS) is 10.4. The van der Waals surface area contributed by atoms with E-state index in [4.69, 9.17) is 10.8 Å². The van der Waals surface area contributed by atoms with Crippen LogP contribution in [0.1, 0.15) is 5.56 Å². The number of hydrogen-bond acceptors (Lipinski definition) is 1. The molecule has 0 aromatic heterocycles. The second-order valence-electron chi connectivity index (χ2n) is 1.92. The average Bonchev–Trinajstić information content (AvgIpc) is 1.95. The molecule has 10 heavy (non-hydrogen) atoms. The number of hydrogen-bond donors (Lipinski definition) is 1. The van der Waals surface area contributed by atoms with Gasteiger partial charge < -0.3 is 10.8 Å². The Labute approximate surface area is 59.6 Å². The molecule has 1 rings (SSSR count). The summed E-state index contributed by atoms with van der Waals surface area (Å²) < 4.78 is 0. The summed E-state index contributed by atoms with van der Waals surface area (Å²) in [6.45, 7) is 0. The molecule has 2 heteroatoms. The third-order valence-electron chi connectivity index (χ3n) is 1.17. The number of nitrogens with one attached hydrogen (secondary N) is 1. The summed E-state index contributed by atoms with van der Waals surface area (Å²) in [5.41, 5.74) is 7.67. The van der Waals surface area contributed by atoms with Crippen molar-refractivity contribution in [2.75, 3.05) is 0 Å². The van der Waals surface area contributed by atoms with Gasteiger partial charge in [-0.1, -0.05) is 12.1 Å². The van der Waals surface area contributed by atoms with E-state index < -0.39 is 0 Å². The maximum absolute atomic E-state index is 8.85. The number of benzene rings is 1. The van der Waals surface area contributed by atoms with Crippen molar-refractivity contribution in [1.29, 1.82) is 0 Å². The highest BCUT2D eigenvalue weighted by Crippen LogP contribution is 2.09. The van der Waals surface area contributed by atoms with Crippen LogP contribution in [0.25, 0.3) is 6.08 Å². The molecule has 0 bridgehead atoms. The molecule has 0 aliphatic heterocycles. The van der Waals surface area contributed by atoms with Crippen LogP contribution in [0.5, 0.6) is 5.75 Å². The standard InChI is InChI=1S/C8H8NO/c9-6-5-7-1-3-8(10)4-2-7/h1-6,9-10H/b6-5+. The fourth-order valence-electron chi connectivity index (χ4n) is 0.682. The molecule has 0 saturated carbocycles. The van der Waals surface area contributed by atoms with E-state index in [-0.39, 0.29) is 5.75 Å². The number of phenols is 1. The predicted molar refractivity (Wildman–Crippen MR) is 40.2 cm³/mol. The molecule has 0 spiro atoms.